The molecule has 2 N–H and O–H groups in total. The molecule has 1 aromatic heterocycles. The Morgan fingerprint density at radius 3 is 2.48 bits per heavy atom. The Morgan fingerprint density at radius 1 is 1.07 bits per heavy atom. The van der Waals surface area contributed by atoms with Gasteiger partial charge in [-0.3, -0.25) is 4.98 Å². The van der Waals surface area contributed by atoms with E-state index in [1.807, 2.05) is 6.92 Å². The van der Waals surface area contributed by atoms with Crippen LogP contribution in [-0.2, 0) is 10.0 Å². The Bertz CT molecular complexity index is 1170. The monoisotopic (exact) mass is 476 g/mol. The molecule has 0 aliphatic carbocycles. The average molecular weight is 477 g/mol. The quantitative estimate of drug-likeness (QED) is 0.400. The molecule has 0 amide bonds. The lowest BCUT2D eigenvalue weighted by Crippen LogP contribution is -2.18. The first-order valence-corrected chi connectivity index (χ1v) is 10.8. The summed E-state index contributed by atoms with van der Waals surface area (Å²) in [6, 6.07) is 11.1. The minimum atomic E-state index is -3.77. The first kappa shape index (κ1) is 20.9. The zero-order chi connectivity index (χ0) is 21.0. The number of nitrogens with one attached hydrogen (secondary N) is 2. The maximum absolute atomic E-state index is 14.1. The van der Waals surface area contributed by atoms with Crippen LogP contribution in [0.1, 0.15) is 16.7 Å². The maximum atomic E-state index is 14.1. The number of hydrogen-bond donors (Lipinski definition) is 2. The molecule has 0 unspecified atom stereocenters. The molecule has 29 heavy (non-hydrogen) atoms. The van der Waals surface area contributed by atoms with Crippen molar-refractivity contribution in [1.82, 2.24) is 9.82 Å². The second kappa shape index (κ2) is 8.71. The largest absolute Gasteiger partial charge is 0.352 e. The van der Waals surface area contributed by atoms with Crippen LogP contribution in [0.5, 0.6) is 0 Å². The summed E-state index contributed by atoms with van der Waals surface area (Å²) in [5, 5.41) is 6.83. The first-order valence-electron chi connectivity index (χ1n) is 8.54. The van der Waals surface area contributed by atoms with Crippen LogP contribution in [-0.4, -0.2) is 19.6 Å². The number of anilines is 2. The van der Waals surface area contributed by atoms with E-state index in [2.05, 4.69) is 36.2 Å². The molecule has 3 aromatic rings. The third kappa shape index (κ3) is 5.18. The van der Waals surface area contributed by atoms with Crippen molar-refractivity contribution >= 4 is 43.5 Å². The first-order chi connectivity index (χ1) is 13.8. The third-order valence-electron chi connectivity index (χ3n) is 4.16. The maximum Gasteiger partial charge on any atom is 0.276 e. The summed E-state index contributed by atoms with van der Waals surface area (Å²) < 4.78 is 39.3. The standard InChI is InChI=1S/C20H18BrFN4O2S/c1-13-3-6-17(7-4-13)29(27,28)26-24-11-15-10-23-12-20(14(15)2)25-19-8-5-16(21)9-18(19)22/h3-12,25-26H,1-2H3/b24-11-. The van der Waals surface area contributed by atoms with E-state index in [4.69, 9.17) is 0 Å². The predicted molar refractivity (Wildman–Crippen MR) is 115 cm³/mol. The molecule has 0 atom stereocenters. The zero-order valence-electron chi connectivity index (χ0n) is 15.6. The van der Waals surface area contributed by atoms with Crippen molar-refractivity contribution in [1.29, 1.82) is 0 Å². The number of hydrogen-bond acceptors (Lipinski definition) is 5. The lowest BCUT2D eigenvalue weighted by Gasteiger charge is -2.12. The number of sulfonamides is 1. The molecule has 2 aromatic carbocycles. The number of pyridine rings is 1. The van der Waals surface area contributed by atoms with Gasteiger partial charge in [-0.25, -0.2) is 9.22 Å². The van der Waals surface area contributed by atoms with Gasteiger partial charge in [-0.15, -0.1) is 0 Å². The van der Waals surface area contributed by atoms with Crippen LogP contribution in [0.4, 0.5) is 15.8 Å². The second-order valence-corrected chi connectivity index (χ2v) is 8.89. The lowest BCUT2D eigenvalue weighted by molar-refractivity contribution is 0.584. The molecule has 0 saturated heterocycles. The van der Waals surface area contributed by atoms with E-state index < -0.39 is 15.8 Å². The van der Waals surface area contributed by atoms with Gasteiger partial charge in [-0.1, -0.05) is 33.6 Å². The third-order valence-corrected chi connectivity index (χ3v) is 5.89. The molecule has 0 aliphatic rings. The van der Waals surface area contributed by atoms with Crippen molar-refractivity contribution in [2.24, 2.45) is 5.10 Å². The van der Waals surface area contributed by atoms with E-state index in [9.17, 15) is 12.8 Å². The van der Waals surface area contributed by atoms with E-state index >= 15 is 0 Å². The van der Waals surface area contributed by atoms with Gasteiger partial charge in [-0.2, -0.15) is 13.5 Å². The number of benzene rings is 2. The summed E-state index contributed by atoms with van der Waals surface area (Å²) >= 11 is 3.22. The van der Waals surface area contributed by atoms with E-state index in [1.165, 1.54) is 24.4 Å². The number of aromatic nitrogens is 1. The fraction of sp³-hybridized carbons (Fsp3) is 0.100. The van der Waals surface area contributed by atoms with Crippen LogP contribution in [0, 0.1) is 19.7 Å². The van der Waals surface area contributed by atoms with Crippen molar-refractivity contribution in [2.45, 2.75) is 18.7 Å². The Morgan fingerprint density at radius 2 is 1.79 bits per heavy atom. The highest BCUT2D eigenvalue weighted by Crippen LogP contribution is 2.25. The molecule has 0 bridgehead atoms. The van der Waals surface area contributed by atoms with Gasteiger partial charge >= 0.3 is 0 Å². The molecule has 9 heteroatoms. The molecule has 0 aliphatic heterocycles. The Kier molecular flexibility index (Phi) is 6.29. The number of nitrogens with zero attached hydrogens (tertiary/aromatic N) is 2. The summed E-state index contributed by atoms with van der Waals surface area (Å²) in [4.78, 5) is 6.41. The second-order valence-electron chi connectivity index (χ2n) is 6.32. The Hall–Kier alpha value is -2.78. The fourth-order valence-electron chi connectivity index (χ4n) is 2.47. The van der Waals surface area contributed by atoms with Gasteiger partial charge < -0.3 is 5.32 Å². The van der Waals surface area contributed by atoms with Crippen LogP contribution in [0.15, 0.2) is 69.3 Å². The molecule has 150 valence electrons. The topological polar surface area (TPSA) is 83.5 Å². The summed E-state index contributed by atoms with van der Waals surface area (Å²) in [5.41, 5.74) is 3.16. The number of rotatable bonds is 6. The molecule has 3 rings (SSSR count). The minimum Gasteiger partial charge on any atom is -0.352 e. The van der Waals surface area contributed by atoms with E-state index in [1.54, 1.807) is 43.6 Å². The van der Waals surface area contributed by atoms with Gasteiger partial charge in [0.1, 0.15) is 5.82 Å². The lowest BCUT2D eigenvalue weighted by atomic mass is 10.1. The summed E-state index contributed by atoms with van der Waals surface area (Å²) in [6.07, 6.45) is 4.46. The van der Waals surface area contributed by atoms with Crippen LogP contribution < -0.4 is 10.1 Å². The van der Waals surface area contributed by atoms with Crippen molar-refractivity contribution in [2.75, 3.05) is 5.32 Å². The SMILES string of the molecule is Cc1ccc(S(=O)(=O)N/N=C\c2cncc(Nc3ccc(Br)cc3F)c2C)cc1. The molecule has 0 spiro atoms. The smallest absolute Gasteiger partial charge is 0.276 e. The van der Waals surface area contributed by atoms with Gasteiger partial charge in [-0.05, 0) is 49.7 Å². The fourth-order valence-corrected chi connectivity index (χ4v) is 3.59. The summed E-state index contributed by atoms with van der Waals surface area (Å²) in [5.74, 6) is -0.413. The minimum absolute atomic E-state index is 0.122. The zero-order valence-corrected chi connectivity index (χ0v) is 18.1. The van der Waals surface area contributed by atoms with Gasteiger partial charge in [0.25, 0.3) is 10.0 Å². The van der Waals surface area contributed by atoms with Crippen molar-refractivity contribution in [3.8, 4) is 0 Å². The molecular formula is C20H18BrFN4O2S. The summed E-state index contributed by atoms with van der Waals surface area (Å²) in [6.45, 7) is 3.68. The van der Waals surface area contributed by atoms with Crippen molar-refractivity contribution in [3.63, 3.8) is 0 Å². The van der Waals surface area contributed by atoms with Gasteiger partial charge in [0.15, 0.2) is 0 Å². The van der Waals surface area contributed by atoms with Gasteiger partial charge in [0, 0.05) is 16.2 Å². The highest BCUT2D eigenvalue weighted by molar-refractivity contribution is 9.10. The molecule has 6 nitrogen and oxygen atoms in total. The molecular weight excluding hydrogens is 459 g/mol. The average Bonchev–Trinajstić information content (AvgIpc) is 2.67. The predicted octanol–water partition coefficient (Wildman–Crippen LogP) is 4.66. The van der Waals surface area contributed by atoms with Gasteiger partial charge in [0.2, 0.25) is 0 Å². The number of aryl methyl sites for hydroxylation is 1. The van der Waals surface area contributed by atoms with E-state index in [0.29, 0.717) is 21.4 Å². The number of halogens is 2. The van der Waals surface area contributed by atoms with Crippen LogP contribution >= 0.6 is 15.9 Å². The molecule has 0 radical (unpaired) electrons. The summed E-state index contributed by atoms with van der Waals surface area (Å²) in [7, 11) is -3.77. The van der Waals surface area contributed by atoms with Crippen LogP contribution in [0.3, 0.4) is 0 Å². The Balaban J connectivity index is 1.78. The van der Waals surface area contributed by atoms with Gasteiger partial charge in [0.05, 0.1) is 28.7 Å². The van der Waals surface area contributed by atoms with Crippen molar-refractivity contribution in [3.05, 3.63) is 81.8 Å². The highest BCUT2D eigenvalue weighted by atomic mass is 79.9. The van der Waals surface area contributed by atoms with E-state index in [0.717, 1.165) is 11.1 Å². The van der Waals surface area contributed by atoms with E-state index in [-0.39, 0.29) is 4.90 Å². The van der Waals surface area contributed by atoms with Crippen LogP contribution in [0.2, 0.25) is 0 Å². The van der Waals surface area contributed by atoms with Crippen molar-refractivity contribution < 1.29 is 12.8 Å². The highest BCUT2D eigenvalue weighted by Gasteiger charge is 2.12. The number of hydrazone groups is 1. The molecule has 0 saturated carbocycles. The molecule has 1 heterocycles. The Labute approximate surface area is 177 Å². The molecule has 0 fully saturated rings. The van der Waals surface area contributed by atoms with Crippen LogP contribution in [0.25, 0.3) is 0 Å². The normalized spacial score (nSPS) is 11.6.